The van der Waals surface area contributed by atoms with Crippen LogP contribution in [-0.4, -0.2) is 50.9 Å². The summed E-state index contributed by atoms with van der Waals surface area (Å²) < 4.78 is 20.2. The maximum absolute atomic E-state index is 13.7. The fourth-order valence-corrected chi connectivity index (χ4v) is 5.75. The first-order valence-electron chi connectivity index (χ1n) is 10.3. The van der Waals surface area contributed by atoms with Crippen molar-refractivity contribution in [2.45, 2.75) is 12.3 Å². The van der Waals surface area contributed by atoms with Crippen molar-refractivity contribution in [1.82, 2.24) is 20.2 Å². The molecule has 1 atom stereocenters. The number of benzene rings is 2. The molecule has 1 aliphatic heterocycles. The molecule has 33 heavy (non-hydrogen) atoms. The smallest absolute Gasteiger partial charge is 0.277 e. The molecular formula is C23H19FN4O3S2. The maximum Gasteiger partial charge on any atom is 0.277 e. The number of carbonyl (C=O) groups is 2. The van der Waals surface area contributed by atoms with Crippen molar-refractivity contribution >= 4 is 45.1 Å². The van der Waals surface area contributed by atoms with Gasteiger partial charge in [0.2, 0.25) is 0 Å². The van der Waals surface area contributed by atoms with Crippen molar-refractivity contribution in [2.75, 3.05) is 18.8 Å². The van der Waals surface area contributed by atoms with Crippen LogP contribution < -0.4 is 5.32 Å². The van der Waals surface area contributed by atoms with E-state index in [-0.39, 0.29) is 35.2 Å². The number of oxazole rings is 1. The van der Waals surface area contributed by atoms with E-state index >= 15 is 0 Å². The van der Waals surface area contributed by atoms with E-state index in [0.29, 0.717) is 23.6 Å². The summed E-state index contributed by atoms with van der Waals surface area (Å²) in [5.74, 6) is 0.374. The second kappa shape index (κ2) is 8.95. The van der Waals surface area contributed by atoms with Crippen LogP contribution in [0.3, 0.4) is 0 Å². The van der Waals surface area contributed by atoms with E-state index in [4.69, 9.17) is 4.42 Å². The van der Waals surface area contributed by atoms with Gasteiger partial charge in [-0.3, -0.25) is 9.59 Å². The molecule has 1 aliphatic rings. The van der Waals surface area contributed by atoms with Crippen LogP contribution in [0.2, 0.25) is 0 Å². The van der Waals surface area contributed by atoms with Gasteiger partial charge in [-0.1, -0.05) is 18.2 Å². The van der Waals surface area contributed by atoms with Crippen molar-refractivity contribution in [3.63, 3.8) is 0 Å². The van der Waals surface area contributed by atoms with Crippen LogP contribution in [0.15, 0.2) is 52.4 Å². The van der Waals surface area contributed by atoms with Gasteiger partial charge in [0.1, 0.15) is 5.82 Å². The van der Waals surface area contributed by atoms with E-state index in [0.717, 1.165) is 16.0 Å². The Morgan fingerprint density at radius 3 is 2.97 bits per heavy atom. The number of hydrogen-bond donors (Lipinski definition) is 1. The zero-order valence-electron chi connectivity index (χ0n) is 17.6. The lowest BCUT2D eigenvalue weighted by Gasteiger charge is -2.23. The SMILES string of the molecule is Cc1nc(C(=O)N2CCSC2CNC(=O)c2cccc3ncsc23)c(-c2cccc(F)c2)o1. The molecule has 7 nitrogen and oxygen atoms in total. The highest BCUT2D eigenvalue weighted by molar-refractivity contribution is 8.00. The predicted molar refractivity (Wildman–Crippen MR) is 126 cm³/mol. The topological polar surface area (TPSA) is 88.3 Å². The summed E-state index contributed by atoms with van der Waals surface area (Å²) in [6.07, 6.45) is 0. The lowest BCUT2D eigenvalue weighted by Crippen LogP contribution is -2.42. The summed E-state index contributed by atoms with van der Waals surface area (Å²) in [6, 6.07) is 11.3. The first kappa shape index (κ1) is 21.6. The molecule has 0 spiro atoms. The molecule has 1 unspecified atom stereocenters. The first-order valence-corrected chi connectivity index (χ1v) is 12.2. The number of thiazole rings is 1. The Labute approximate surface area is 197 Å². The Kier molecular flexibility index (Phi) is 5.86. The third-order valence-corrected chi connectivity index (χ3v) is 7.41. The minimum Gasteiger partial charge on any atom is -0.440 e. The minimum atomic E-state index is -0.423. The van der Waals surface area contributed by atoms with E-state index in [1.54, 1.807) is 53.4 Å². The quantitative estimate of drug-likeness (QED) is 0.455. The lowest BCUT2D eigenvalue weighted by molar-refractivity contribution is 0.0746. The fraction of sp³-hybridized carbons (Fsp3) is 0.217. The van der Waals surface area contributed by atoms with Crippen molar-refractivity contribution < 1.29 is 18.4 Å². The molecular weight excluding hydrogens is 463 g/mol. The Morgan fingerprint density at radius 1 is 1.27 bits per heavy atom. The van der Waals surface area contributed by atoms with Gasteiger partial charge in [-0.2, -0.15) is 0 Å². The molecule has 2 amide bonds. The van der Waals surface area contributed by atoms with Crippen molar-refractivity contribution in [1.29, 1.82) is 0 Å². The van der Waals surface area contributed by atoms with Gasteiger partial charge in [0.05, 0.1) is 26.7 Å². The Hall–Kier alpha value is -3.24. The van der Waals surface area contributed by atoms with Crippen LogP contribution in [0.5, 0.6) is 0 Å². The van der Waals surface area contributed by atoms with E-state index in [9.17, 15) is 14.0 Å². The first-order chi connectivity index (χ1) is 16.0. The normalized spacial score (nSPS) is 15.8. The number of aryl methyl sites for hydroxylation is 1. The highest BCUT2D eigenvalue weighted by Gasteiger charge is 2.34. The number of aromatic nitrogens is 2. The van der Waals surface area contributed by atoms with Gasteiger partial charge in [0.25, 0.3) is 11.8 Å². The molecule has 1 saturated heterocycles. The molecule has 0 saturated carbocycles. The number of rotatable bonds is 5. The number of hydrogen-bond acceptors (Lipinski definition) is 7. The molecule has 3 heterocycles. The predicted octanol–water partition coefficient (Wildman–Crippen LogP) is 4.34. The van der Waals surface area contributed by atoms with E-state index in [1.165, 1.54) is 23.5 Å². The summed E-state index contributed by atoms with van der Waals surface area (Å²) in [5.41, 5.74) is 3.66. The summed E-state index contributed by atoms with van der Waals surface area (Å²) in [7, 11) is 0. The number of carbonyl (C=O) groups excluding carboxylic acids is 2. The van der Waals surface area contributed by atoms with Crippen LogP contribution >= 0.6 is 23.1 Å². The van der Waals surface area contributed by atoms with Gasteiger partial charge in [-0.15, -0.1) is 23.1 Å². The molecule has 0 radical (unpaired) electrons. The number of nitrogens with one attached hydrogen (secondary N) is 1. The second-order valence-electron chi connectivity index (χ2n) is 7.46. The molecule has 168 valence electrons. The van der Waals surface area contributed by atoms with Crippen LogP contribution in [0.4, 0.5) is 4.39 Å². The van der Waals surface area contributed by atoms with Gasteiger partial charge in [0, 0.05) is 31.3 Å². The second-order valence-corrected chi connectivity index (χ2v) is 9.60. The molecule has 0 bridgehead atoms. The van der Waals surface area contributed by atoms with Crippen molar-refractivity contribution in [3.8, 4) is 11.3 Å². The Morgan fingerprint density at radius 2 is 2.12 bits per heavy atom. The summed E-state index contributed by atoms with van der Waals surface area (Å²) in [6.45, 7) is 2.45. The van der Waals surface area contributed by atoms with Crippen LogP contribution in [-0.2, 0) is 0 Å². The van der Waals surface area contributed by atoms with Gasteiger partial charge >= 0.3 is 0 Å². The molecule has 4 aromatic rings. The van der Waals surface area contributed by atoms with Crippen LogP contribution in [0.1, 0.15) is 26.7 Å². The maximum atomic E-state index is 13.7. The van der Waals surface area contributed by atoms with Gasteiger partial charge < -0.3 is 14.6 Å². The molecule has 10 heteroatoms. The monoisotopic (exact) mass is 482 g/mol. The lowest BCUT2D eigenvalue weighted by atomic mass is 10.1. The molecule has 1 N–H and O–H groups in total. The highest BCUT2D eigenvalue weighted by atomic mass is 32.2. The van der Waals surface area contributed by atoms with E-state index in [2.05, 4.69) is 15.3 Å². The molecule has 2 aromatic carbocycles. The average Bonchev–Trinajstić information content (AvgIpc) is 3.55. The summed E-state index contributed by atoms with van der Waals surface area (Å²) in [5, 5.41) is 2.70. The van der Waals surface area contributed by atoms with Gasteiger partial charge in [-0.25, -0.2) is 14.4 Å². The Balaban J connectivity index is 1.34. The fourth-order valence-electron chi connectivity index (χ4n) is 3.80. The number of halogens is 1. The summed E-state index contributed by atoms with van der Waals surface area (Å²) >= 11 is 3.01. The van der Waals surface area contributed by atoms with Gasteiger partial charge in [-0.05, 0) is 24.3 Å². The highest BCUT2D eigenvalue weighted by Crippen LogP contribution is 2.30. The average molecular weight is 483 g/mol. The standard InChI is InChI=1S/C23H19FN4O3S2/c1-13-27-19(20(31-13)14-4-2-5-15(24)10-14)23(30)28-8-9-32-18(28)11-25-22(29)16-6-3-7-17-21(16)33-12-26-17/h2-7,10,12,18H,8-9,11H2,1H3,(H,25,29). The zero-order chi connectivity index (χ0) is 22.9. The third-order valence-electron chi connectivity index (χ3n) is 5.31. The van der Waals surface area contributed by atoms with E-state index < -0.39 is 5.82 Å². The third kappa shape index (κ3) is 4.23. The van der Waals surface area contributed by atoms with Gasteiger partial charge in [0.15, 0.2) is 17.3 Å². The summed E-state index contributed by atoms with van der Waals surface area (Å²) in [4.78, 5) is 36.4. The zero-order valence-corrected chi connectivity index (χ0v) is 19.2. The molecule has 1 fully saturated rings. The molecule has 2 aromatic heterocycles. The Bertz CT molecular complexity index is 1350. The number of fused-ring (bicyclic) bond motifs is 1. The number of nitrogens with zero attached hydrogens (tertiary/aromatic N) is 3. The van der Waals surface area contributed by atoms with Crippen molar-refractivity contribution in [2.24, 2.45) is 0 Å². The number of thioether (sulfide) groups is 1. The number of amides is 2. The van der Waals surface area contributed by atoms with Crippen LogP contribution in [0.25, 0.3) is 21.5 Å². The minimum absolute atomic E-state index is 0.145. The molecule has 0 aliphatic carbocycles. The van der Waals surface area contributed by atoms with Crippen LogP contribution in [0, 0.1) is 12.7 Å². The van der Waals surface area contributed by atoms with E-state index in [1.807, 2.05) is 6.07 Å². The van der Waals surface area contributed by atoms with Crippen molar-refractivity contribution in [3.05, 3.63) is 70.9 Å². The molecule has 5 rings (SSSR count). The largest absolute Gasteiger partial charge is 0.440 e.